The number of benzene rings is 1. The number of cyclic esters (lactones) is 1. The summed E-state index contributed by atoms with van der Waals surface area (Å²) < 4.78 is 10.1. The molecule has 2 rings (SSSR count). The number of amides is 1. The number of nitrogens with one attached hydrogen (secondary N) is 1. The molecule has 1 amide bonds. The van der Waals surface area contributed by atoms with Crippen molar-refractivity contribution in [1.29, 1.82) is 0 Å². The van der Waals surface area contributed by atoms with Gasteiger partial charge in [0.1, 0.15) is 11.9 Å². The van der Waals surface area contributed by atoms with Crippen molar-refractivity contribution in [3.05, 3.63) is 29.8 Å². The zero-order chi connectivity index (χ0) is 9.97. The lowest BCUT2D eigenvalue weighted by molar-refractivity contribution is 0.141. The molecule has 1 aliphatic heterocycles. The fraction of sp³-hybridized carbons (Fsp3) is 0.300. The van der Waals surface area contributed by atoms with Crippen LogP contribution in [0.4, 0.5) is 4.79 Å². The Labute approximate surface area is 81.8 Å². The van der Waals surface area contributed by atoms with Gasteiger partial charge in [0.05, 0.1) is 13.7 Å². The molecule has 1 aromatic rings. The molecular formula is C10H11NO3. The topological polar surface area (TPSA) is 47.6 Å². The average Bonchev–Trinajstić information content (AvgIpc) is 2.65. The zero-order valence-electron chi connectivity index (χ0n) is 7.82. The van der Waals surface area contributed by atoms with Gasteiger partial charge in [-0.05, 0) is 17.7 Å². The lowest BCUT2D eigenvalue weighted by Crippen LogP contribution is -2.12. The van der Waals surface area contributed by atoms with Gasteiger partial charge in [-0.1, -0.05) is 12.1 Å². The predicted octanol–water partition coefficient (Wildman–Crippen LogP) is 1.48. The van der Waals surface area contributed by atoms with E-state index in [0.717, 1.165) is 11.3 Å². The van der Waals surface area contributed by atoms with Crippen molar-refractivity contribution in [2.45, 2.75) is 6.10 Å². The third-order valence-corrected chi connectivity index (χ3v) is 2.15. The first-order chi connectivity index (χ1) is 6.79. The van der Waals surface area contributed by atoms with E-state index >= 15 is 0 Å². The molecule has 1 saturated heterocycles. The second-order valence-corrected chi connectivity index (χ2v) is 3.05. The molecule has 14 heavy (non-hydrogen) atoms. The highest BCUT2D eigenvalue weighted by Gasteiger charge is 2.24. The van der Waals surface area contributed by atoms with Crippen molar-refractivity contribution in [2.24, 2.45) is 0 Å². The summed E-state index contributed by atoms with van der Waals surface area (Å²) in [6, 6.07) is 7.51. The van der Waals surface area contributed by atoms with Crippen molar-refractivity contribution < 1.29 is 14.3 Å². The van der Waals surface area contributed by atoms with Gasteiger partial charge in [-0.3, -0.25) is 0 Å². The predicted molar refractivity (Wildman–Crippen MR) is 50.2 cm³/mol. The van der Waals surface area contributed by atoms with Gasteiger partial charge in [0, 0.05) is 0 Å². The molecule has 0 aromatic heterocycles. The highest BCUT2D eigenvalue weighted by atomic mass is 16.6. The number of alkyl carbamates (subject to hydrolysis) is 1. The molecule has 1 N–H and O–H groups in total. The average molecular weight is 193 g/mol. The standard InChI is InChI=1S/C10H11NO3/c1-13-8-4-2-3-7(5-8)9-6-11-10(12)14-9/h2-5,9H,6H2,1H3,(H,11,12). The Morgan fingerprint density at radius 1 is 1.57 bits per heavy atom. The molecule has 1 heterocycles. The summed E-state index contributed by atoms with van der Waals surface area (Å²) in [5, 5.41) is 2.60. The molecule has 0 saturated carbocycles. The van der Waals surface area contributed by atoms with Gasteiger partial charge in [0.25, 0.3) is 0 Å². The van der Waals surface area contributed by atoms with Gasteiger partial charge in [-0.2, -0.15) is 0 Å². The number of rotatable bonds is 2. The largest absolute Gasteiger partial charge is 0.497 e. The van der Waals surface area contributed by atoms with Crippen molar-refractivity contribution >= 4 is 6.09 Å². The Morgan fingerprint density at radius 3 is 3.07 bits per heavy atom. The molecule has 0 aliphatic carbocycles. The first-order valence-electron chi connectivity index (χ1n) is 4.38. The first kappa shape index (κ1) is 8.87. The summed E-state index contributed by atoms with van der Waals surface area (Å²) in [7, 11) is 1.61. The number of carbonyl (C=O) groups excluding carboxylic acids is 1. The summed E-state index contributed by atoms with van der Waals surface area (Å²) in [6.45, 7) is 0.520. The summed E-state index contributed by atoms with van der Waals surface area (Å²) in [5.74, 6) is 0.769. The Hall–Kier alpha value is -1.71. The minimum Gasteiger partial charge on any atom is -0.497 e. The Bertz CT molecular complexity index is 351. The van der Waals surface area contributed by atoms with Crippen LogP contribution in [0, 0.1) is 0 Å². The van der Waals surface area contributed by atoms with Crippen LogP contribution in [-0.2, 0) is 4.74 Å². The van der Waals surface area contributed by atoms with E-state index < -0.39 is 0 Å². The fourth-order valence-electron chi connectivity index (χ4n) is 1.42. The number of hydrogen-bond donors (Lipinski definition) is 1. The summed E-state index contributed by atoms with van der Waals surface area (Å²) >= 11 is 0. The van der Waals surface area contributed by atoms with E-state index in [-0.39, 0.29) is 12.2 Å². The second-order valence-electron chi connectivity index (χ2n) is 3.05. The van der Waals surface area contributed by atoms with Crippen LogP contribution in [0.15, 0.2) is 24.3 Å². The van der Waals surface area contributed by atoms with Crippen LogP contribution in [-0.4, -0.2) is 19.7 Å². The van der Waals surface area contributed by atoms with Crippen LogP contribution in [0.5, 0.6) is 5.75 Å². The summed E-state index contributed by atoms with van der Waals surface area (Å²) in [5.41, 5.74) is 0.947. The highest BCUT2D eigenvalue weighted by Crippen LogP contribution is 2.23. The van der Waals surface area contributed by atoms with Crippen LogP contribution < -0.4 is 10.1 Å². The number of hydrogen-bond acceptors (Lipinski definition) is 3. The normalized spacial score (nSPS) is 20.1. The van der Waals surface area contributed by atoms with Gasteiger partial charge in [-0.15, -0.1) is 0 Å². The maximum absolute atomic E-state index is 10.8. The molecule has 1 aromatic carbocycles. The number of methoxy groups -OCH3 is 1. The smallest absolute Gasteiger partial charge is 0.407 e. The molecule has 0 radical (unpaired) electrons. The minimum absolute atomic E-state index is 0.197. The van der Waals surface area contributed by atoms with Crippen LogP contribution in [0.1, 0.15) is 11.7 Å². The van der Waals surface area contributed by atoms with E-state index in [0.29, 0.717) is 6.54 Å². The van der Waals surface area contributed by atoms with E-state index in [2.05, 4.69) is 5.32 Å². The zero-order valence-corrected chi connectivity index (χ0v) is 7.82. The molecular weight excluding hydrogens is 182 g/mol. The van der Waals surface area contributed by atoms with E-state index in [4.69, 9.17) is 9.47 Å². The van der Waals surface area contributed by atoms with E-state index in [1.165, 1.54) is 0 Å². The molecule has 0 spiro atoms. The van der Waals surface area contributed by atoms with Gasteiger partial charge >= 0.3 is 6.09 Å². The SMILES string of the molecule is COc1cccc(C2CNC(=O)O2)c1. The van der Waals surface area contributed by atoms with Gasteiger partial charge in [0.15, 0.2) is 0 Å². The van der Waals surface area contributed by atoms with Gasteiger partial charge < -0.3 is 14.8 Å². The molecule has 1 unspecified atom stereocenters. The lowest BCUT2D eigenvalue weighted by atomic mass is 10.1. The van der Waals surface area contributed by atoms with Gasteiger partial charge in [-0.25, -0.2) is 4.79 Å². The molecule has 74 valence electrons. The second kappa shape index (κ2) is 3.57. The number of carbonyl (C=O) groups is 1. The monoisotopic (exact) mass is 193 g/mol. The van der Waals surface area contributed by atoms with E-state index in [1.807, 2.05) is 24.3 Å². The Balaban J connectivity index is 2.19. The van der Waals surface area contributed by atoms with E-state index in [9.17, 15) is 4.79 Å². The van der Waals surface area contributed by atoms with Gasteiger partial charge in [0.2, 0.25) is 0 Å². The molecule has 1 atom stereocenters. The third-order valence-electron chi connectivity index (χ3n) is 2.15. The van der Waals surface area contributed by atoms with Crippen LogP contribution in [0.3, 0.4) is 0 Å². The number of ether oxygens (including phenoxy) is 2. The Morgan fingerprint density at radius 2 is 2.43 bits per heavy atom. The molecule has 4 nitrogen and oxygen atoms in total. The van der Waals surface area contributed by atoms with Crippen LogP contribution in [0.2, 0.25) is 0 Å². The Kier molecular flexibility index (Phi) is 2.26. The highest BCUT2D eigenvalue weighted by molar-refractivity contribution is 5.69. The minimum atomic E-state index is -0.363. The summed E-state index contributed by atoms with van der Waals surface area (Å²) in [4.78, 5) is 10.8. The van der Waals surface area contributed by atoms with Crippen LogP contribution in [0.25, 0.3) is 0 Å². The fourth-order valence-corrected chi connectivity index (χ4v) is 1.42. The molecule has 1 aliphatic rings. The molecule has 4 heteroatoms. The van der Waals surface area contributed by atoms with Crippen molar-refractivity contribution in [1.82, 2.24) is 5.32 Å². The quantitative estimate of drug-likeness (QED) is 0.773. The molecule has 0 bridgehead atoms. The lowest BCUT2D eigenvalue weighted by Gasteiger charge is -2.08. The maximum atomic E-state index is 10.8. The van der Waals surface area contributed by atoms with E-state index in [1.54, 1.807) is 7.11 Å². The first-order valence-corrected chi connectivity index (χ1v) is 4.38. The third kappa shape index (κ3) is 1.64. The summed E-state index contributed by atoms with van der Waals surface area (Å²) in [6.07, 6.45) is -0.560. The van der Waals surface area contributed by atoms with Crippen LogP contribution >= 0.6 is 0 Å². The van der Waals surface area contributed by atoms with Crippen molar-refractivity contribution in [2.75, 3.05) is 13.7 Å². The maximum Gasteiger partial charge on any atom is 0.407 e. The van der Waals surface area contributed by atoms with Crippen molar-refractivity contribution in [3.63, 3.8) is 0 Å². The molecule has 1 fully saturated rings. The van der Waals surface area contributed by atoms with Crippen molar-refractivity contribution in [3.8, 4) is 5.75 Å².